The van der Waals surface area contributed by atoms with Crippen molar-refractivity contribution >= 4 is 57.6 Å². The van der Waals surface area contributed by atoms with Crippen LogP contribution in [-0.4, -0.2) is 52.5 Å². The van der Waals surface area contributed by atoms with Gasteiger partial charge in [0.2, 0.25) is 0 Å². The van der Waals surface area contributed by atoms with Gasteiger partial charge in [-0.2, -0.15) is 24.2 Å². The summed E-state index contributed by atoms with van der Waals surface area (Å²) in [4.78, 5) is 42.9. The molecule has 0 aliphatic heterocycles. The van der Waals surface area contributed by atoms with Gasteiger partial charge in [-0.25, -0.2) is 14.4 Å². The second kappa shape index (κ2) is 23.4. The number of hydrogen-bond acceptors (Lipinski definition) is 13. The smallest absolute Gasteiger partial charge is 0.343 e. The van der Waals surface area contributed by atoms with E-state index < -0.39 is 18.0 Å². The number of nitriles is 1. The minimum atomic E-state index is -1.65. The molecule has 6 aromatic rings. The highest BCUT2D eigenvalue weighted by Gasteiger charge is 2.20. The quantitative estimate of drug-likeness (QED) is 0.0204. The van der Waals surface area contributed by atoms with Gasteiger partial charge < -0.3 is 18.9 Å². The van der Waals surface area contributed by atoms with Crippen LogP contribution in [0.15, 0.2) is 133 Å². The Morgan fingerprint density at radius 3 is 2.31 bits per heavy atom. The molecular weight excluding hydrogens is 871 g/mol. The van der Waals surface area contributed by atoms with Crippen molar-refractivity contribution in [1.29, 1.82) is 5.26 Å². The molecule has 0 saturated heterocycles. The fourth-order valence-corrected chi connectivity index (χ4v) is 7.57. The third kappa shape index (κ3) is 13.3. The Morgan fingerprint density at radius 1 is 0.824 bits per heavy atom. The summed E-state index contributed by atoms with van der Waals surface area (Å²) in [5.41, 5.74) is 4.43. The van der Waals surface area contributed by atoms with E-state index in [1.54, 1.807) is 37.4 Å². The first-order valence-corrected chi connectivity index (χ1v) is 22.2. The summed E-state index contributed by atoms with van der Waals surface area (Å²) in [6.45, 7) is 6.08. The Balaban J connectivity index is 0.986. The third-order valence-corrected chi connectivity index (χ3v) is 11.3. The van der Waals surface area contributed by atoms with Crippen LogP contribution in [0, 0.1) is 23.2 Å². The molecular formula is C53H48F2N6O7. The minimum absolute atomic E-state index is 0.0146. The molecule has 1 saturated carbocycles. The maximum absolute atomic E-state index is 13.6. The van der Waals surface area contributed by atoms with Gasteiger partial charge >= 0.3 is 17.9 Å². The summed E-state index contributed by atoms with van der Waals surface area (Å²) in [6.07, 6.45) is 14.0. The van der Waals surface area contributed by atoms with Crippen LogP contribution in [-0.2, 0) is 9.53 Å². The summed E-state index contributed by atoms with van der Waals surface area (Å²) >= 11 is 0. The van der Waals surface area contributed by atoms with Gasteiger partial charge in [0.15, 0.2) is 11.6 Å². The molecule has 15 heteroatoms. The molecule has 0 spiro atoms. The van der Waals surface area contributed by atoms with E-state index in [2.05, 4.69) is 32.3 Å². The number of hydrogen-bond donors (Lipinski definition) is 1. The second-order valence-corrected chi connectivity index (χ2v) is 16.3. The number of carbonyl (C=O) groups excluding carboxylic acids is 3. The molecule has 13 nitrogen and oxygen atoms in total. The zero-order valence-electron chi connectivity index (χ0n) is 37.3. The highest BCUT2D eigenvalue weighted by atomic mass is 19.3. The molecule has 346 valence electrons. The van der Waals surface area contributed by atoms with Crippen molar-refractivity contribution in [3.63, 3.8) is 0 Å². The molecule has 0 bridgehead atoms. The number of fused-ring (bicyclic) bond motifs is 2. The average Bonchev–Trinajstić information content (AvgIpc) is 3.34. The van der Waals surface area contributed by atoms with Crippen LogP contribution in [0.25, 0.3) is 27.6 Å². The van der Waals surface area contributed by atoms with E-state index in [0.29, 0.717) is 54.5 Å². The van der Waals surface area contributed by atoms with E-state index >= 15 is 0 Å². The van der Waals surface area contributed by atoms with Crippen molar-refractivity contribution < 1.29 is 42.1 Å². The number of nitrogens with one attached hydrogen (secondary N) is 1. The lowest BCUT2D eigenvalue weighted by Gasteiger charge is -2.24. The molecule has 4 aromatic carbocycles. The number of halogens is 2. The number of carbonyl (C=O) groups is 3. The van der Waals surface area contributed by atoms with E-state index in [0.717, 1.165) is 66.1 Å². The summed E-state index contributed by atoms with van der Waals surface area (Å²) in [7, 11) is 0. The number of unbranched alkanes of at least 4 members (excludes halogenated alkanes) is 3. The monoisotopic (exact) mass is 918 g/mol. The lowest BCUT2D eigenvalue weighted by molar-refractivity contribution is -0.139. The van der Waals surface area contributed by atoms with Gasteiger partial charge in [-0.15, -0.1) is 5.10 Å². The predicted molar refractivity (Wildman–Crippen MR) is 255 cm³/mol. The molecule has 2 aromatic heterocycles. The highest BCUT2D eigenvalue weighted by Crippen LogP contribution is 2.32. The van der Waals surface area contributed by atoms with Crippen molar-refractivity contribution in [2.45, 2.75) is 58.3 Å². The second-order valence-electron chi connectivity index (χ2n) is 16.3. The standard InChI is InChI=1S/C53H48F2N6O7/c1-34(2)51(62)66-24-8-4-3-7-23-65-45-21-18-37-26-39(17-16-38(37)29-45)52(63)67-47-22-19-40(27-42(47)30-56)53(64)68-48-33-57-44(20-15-35-11-13-36(14-12-35)25-49(54)55)28-43(48)32-59-61-50-46-10-6-5-9-41(46)31-58-60-50/h5-6,9-10,15-22,25-29,31-33,35-36H,1,3-4,7-8,11-14,23-24H2,2H3,(H,60,61)/b20-15+,59-32+. The van der Waals surface area contributed by atoms with E-state index in [4.69, 9.17) is 18.9 Å². The number of hydrazone groups is 1. The number of benzene rings is 4. The van der Waals surface area contributed by atoms with Crippen molar-refractivity contribution in [1.82, 2.24) is 15.2 Å². The number of aromatic nitrogens is 3. The molecule has 1 aliphatic rings. The van der Waals surface area contributed by atoms with Gasteiger partial charge in [0.1, 0.15) is 17.6 Å². The lowest BCUT2D eigenvalue weighted by atomic mass is 9.82. The topological polar surface area (TPSA) is 175 Å². The van der Waals surface area contributed by atoms with E-state index in [-0.39, 0.29) is 46.0 Å². The highest BCUT2D eigenvalue weighted by molar-refractivity contribution is 5.98. The fourth-order valence-electron chi connectivity index (χ4n) is 7.57. The zero-order valence-corrected chi connectivity index (χ0v) is 37.3. The SMILES string of the molecule is C=C(C)C(=O)OCCCCCCOc1ccc2cc(C(=O)Oc3ccc(C(=O)Oc4cnc(/C=C/C5CCC(C=C(F)F)CC5)cc4/C=N/Nc4nncc5ccccc45)cc3C#N)ccc2c1. The number of rotatable bonds is 19. The minimum Gasteiger partial charge on any atom is -0.494 e. The van der Waals surface area contributed by atoms with Crippen LogP contribution >= 0.6 is 0 Å². The molecule has 1 aliphatic carbocycles. The Kier molecular flexibility index (Phi) is 16.4. The first-order valence-electron chi connectivity index (χ1n) is 22.2. The van der Waals surface area contributed by atoms with E-state index in [9.17, 15) is 28.4 Å². The van der Waals surface area contributed by atoms with E-state index in [1.165, 1.54) is 30.6 Å². The molecule has 2 heterocycles. The van der Waals surface area contributed by atoms with Crippen LogP contribution in [0.4, 0.5) is 14.6 Å². The Morgan fingerprint density at radius 2 is 1.53 bits per heavy atom. The van der Waals surface area contributed by atoms with Crippen LogP contribution < -0.4 is 19.6 Å². The Labute approximate surface area is 391 Å². The van der Waals surface area contributed by atoms with E-state index in [1.807, 2.05) is 60.7 Å². The summed E-state index contributed by atoms with van der Waals surface area (Å²) in [5.74, 6) is -0.689. The zero-order chi connectivity index (χ0) is 47.8. The largest absolute Gasteiger partial charge is 0.494 e. The van der Waals surface area contributed by atoms with Crippen molar-refractivity contribution in [3.8, 4) is 23.3 Å². The number of anilines is 1. The normalized spacial score (nSPS) is 14.6. The average molecular weight is 919 g/mol. The first kappa shape index (κ1) is 47.8. The van der Waals surface area contributed by atoms with Crippen LogP contribution in [0.1, 0.15) is 95.8 Å². The maximum Gasteiger partial charge on any atom is 0.343 e. The Hall–Kier alpha value is -8.12. The molecule has 7 rings (SSSR count). The molecule has 0 radical (unpaired) electrons. The maximum atomic E-state index is 13.6. The lowest BCUT2D eigenvalue weighted by Crippen LogP contribution is -2.13. The molecule has 1 fully saturated rings. The van der Waals surface area contributed by atoms with Gasteiger partial charge in [0.05, 0.1) is 54.2 Å². The van der Waals surface area contributed by atoms with Gasteiger partial charge in [-0.1, -0.05) is 49.1 Å². The summed E-state index contributed by atoms with van der Waals surface area (Å²) < 4.78 is 48.1. The predicted octanol–water partition coefficient (Wildman–Crippen LogP) is 11.6. The molecule has 68 heavy (non-hydrogen) atoms. The van der Waals surface area contributed by atoms with Crippen LogP contribution in [0.5, 0.6) is 17.2 Å². The number of allylic oxidation sites excluding steroid dienone is 2. The first-order chi connectivity index (χ1) is 33.0. The van der Waals surface area contributed by atoms with Crippen LogP contribution in [0.3, 0.4) is 0 Å². The van der Waals surface area contributed by atoms with Gasteiger partial charge in [0, 0.05) is 21.9 Å². The fraction of sp³-hybridized carbons (Fsp3) is 0.245. The van der Waals surface area contributed by atoms with Crippen molar-refractivity contribution in [2.75, 3.05) is 18.6 Å². The third-order valence-electron chi connectivity index (χ3n) is 11.3. The number of nitrogens with zero attached hydrogens (tertiary/aromatic N) is 5. The molecule has 0 unspecified atom stereocenters. The van der Waals surface area contributed by atoms with Crippen molar-refractivity contribution in [3.05, 3.63) is 156 Å². The number of esters is 3. The molecule has 1 N–H and O–H groups in total. The number of ether oxygens (including phenoxy) is 4. The molecule has 0 amide bonds. The number of pyridine rings is 1. The van der Waals surface area contributed by atoms with Crippen LogP contribution in [0.2, 0.25) is 0 Å². The van der Waals surface area contributed by atoms with Gasteiger partial charge in [0.25, 0.3) is 6.08 Å². The summed E-state index contributed by atoms with van der Waals surface area (Å²) in [6, 6.07) is 25.9. The van der Waals surface area contributed by atoms with Gasteiger partial charge in [-0.3, -0.25) is 10.4 Å². The van der Waals surface area contributed by atoms with Crippen molar-refractivity contribution in [2.24, 2.45) is 16.9 Å². The van der Waals surface area contributed by atoms with Gasteiger partial charge in [-0.05, 0) is 142 Å². The Bertz CT molecular complexity index is 2950. The molecule has 0 atom stereocenters. The summed E-state index contributed by atoms with van der Waals surface area (Å²) in [5, 5.41) is 25.9.